The summed E-state index contributed by atoms with van der Waals surface area (Å²) in [5.74, 6) is -0.328. The van der Waals surface area contributed by atoms with E-state index in [1.165, 1.54) is 89.9 Å². The van der Waals surface area contributed by atoms with Gasteiger partial charge in [0, 0.05) is 13.0 Å². The minimum atomic E-state index is -4.29. The molecule has 0 saturated heterocycles. The number of allylic oxidation sites excluding steroid dienone is 12. The lowest BCUT2D eigenvalue weighted by Gasteiger charge is -2.24. The van der Waals surface area contributed by atoms with Gasteiger partial charge in [-0.25, -0.2) is 4.57 Å². The SMILES string of the molecule is CC/C=C\C/C=C\C/C=C\C/C=C\CCCCCCCCCCC(=O)OC(COCCCCCCCC/C=C\C/C=C\CCCCCC)COP(=O)(O)OCC[N+](C)(C)C. The fourth-order valence-corrected chi connectivity index (χ4v) is 7.02. The molecule has 8 nitrogen and oxygen atoms in total. The van der Waals surface area contributed by atoms with E-state index >= 15 is 0 Å². The van der Waals surface area contributed by atoms with Crippen molar-refractivity contribution in [1.29, 1.82) is 0 Å². The topological polar surface area (TPSA) is 91.3 Å². The Hall–Kier alpha value is -2.06. The normalized spacial score (nSPS) is 14.3. The predicted octanol–water partition coefficient (Wildman–Crippen LogP) is 14.7. The van der Waals surface area contributed by atoms with Crippen LogP contribution in [0.2, 0.25) is 0 Å². The van der Waals surface area contributed by atoms with E-state index in [4.69, 9.17) is 18.5 Å². The Bertz CT molecular complexity index is 1190. The number of carbonyl (C=O) groups excluding carboxylic acids is 1. The average Bonchev–Trinajstić information content (AvgIpc) is 3.20. The van der Waals surface area contributed by atoms with E-state index < -0.39 is 13.9 Å². The molecular weight excluding hydrogens is 770 g/mol. The lowest BCUT2D eigenvalue weighted by Crippen LogP contribution is -2.37. The summed E-state index contributed by atoms with van der Waals surface area (Å²) in [6, 6.07) is 0. The van der Waals surface area contributed by atoms with E-state index in [1.54, 1.807) is 0 Å². The molecule has 0 saturated carbocycles. The van der Waals surface area contributed by atoms with Crippen LogP contribution in [0.1, 0.15) is 187 Å². The number of hydrogen-bond donors (Lipinski definition) is 1. The third kappa shape index (κ3) is 47.0. The minimum Gasteiger partial charge on any atom is -0.457 e. The Kier molecular flexibility index (Phi) is 42.1. The summed E-state index contributed by atoms with van der Waals surface area (Å²) in [5, 5.41) is 0. The molecule has 348 valence electrons. The lowest BCUT2D eigenvalue weighted by atomic mass is 10.1. The second-order valence-corrected chi connectivity index (χ2v) is 18.6. The number of quaternary nitrogens is 1. The van der Waals surface area contributed by atoms with Crippen LogP contribution in [0.5, 0.6) is 0 Å². The number of carbonyl (C=O) groups is 1. The highest BCUT2D eigenvalue weighted by Crippen LogP contribution is 2.43. The van der Waals surface area contributed by atoms with Crippen LogP contribution in [-0.4, -0.2) is 75.6 Å². The Balaban J connectivity index is 4.23. The molecule has 0 bridgehead atoms. The van der Waals surface area contributed by atoms with Crippen molar-refractivity contribution in [2.45, 2.75) is 193 Å². The highest BCUT2D eigenvalue weighted by Gasteiger charge is 2.26. The van der Waals surface area contributed by atoms with Crippen molar-refractivity contribution < 1.29 is 37.3 Å². The molecule has 0 spiro atoms. The molecule has 9 heteroatoms. The van der Waals surface area contributed by atoms with Gasteiger partial charge in [-0.05, 0) is 83.5 Å². The molecule has 1 N–H and O–H groups in total. The number of rotatable bonds is 44. The summed E-state index contributed by atoms with van der Waals surface area (Å²) in [6.45, 7) is 5.45. The zero-order chi connectivity index (χ0) is 44.1. The maximum Gasteiger partial charge on any atom is 0.472 e. The maximum absolute atomic E-state index is 12.7. The van der Waals surface area contributed by atoms with Gasteiger partial charge in [0.05, 0.1) is 34.4 Å². The van der Waals surface area contributed by atoms with Gasteiger partial charge in [-0.1, -0.05) is 170 Å². The number of esters is 1. The number of phosphoric acid groups is 1. The van der Waals surface area contributed by atoms with Gasteiger partial charge < -0.3 is 18.9 Å². The Morgan fingerprint density at radius 1 is 0.533 bits per heavy atom. The van der Waals surface area contributed by atoms with Gasteiger partial charge in [0.25, 0.3) is 0 Å². The quantitative estimate of drug-likeness (QED) is 0.0214. The molecule has 0 radical (unpaired) electrons. The fraction of sp³-hybridized carbons (Fsp3) is 0.745. The van der Waals surface area contributed by atoms with Crippen molar-refractivity contribution in [2.24, 2.45) is 0 Å². The molecule has 0 aromatic heterocycles. The number of phosphoric ester groups is 1. The summed E-state index contributed by atoms with van der Waals surface area (Å²) in [4.78, 5) is 23.0. The number of hydrogen-bond acceptors (Lipinski definition) is 6. The van der Waals surface area contributed by atoms with Gasteiger partial charge in [0.1, 0.15) is 19.3 Å². The van der Waals surface area contributed by atoms with E-state index in [1.807, 2.05) is 21.1 Å². The largest absolute Gasteiger partial charge is 0.472 e. The van der Waals surface area contributed by atoms with E-state index in [9.17, 15) is 14.3 Å². The molecule has 2 unspecified atom stereocenters. The van der Waals surface area contributed by atoms with Crippen LogP contribution in [0.15, 0.2) is 72.9 Å². The first kappa shape index (κ1) is 57.9. The Labute approximate surface area is 370 Å². The maximum atomic E-state index is 12.7. The third-order valence-electron chi connectivity index (χ3n) is 10.0. The van der Waals surface area contributed by atoms with Crippen molar-refractivity contribution in [3.05, 3.63) is 72.9 Å². The van der Waals surface area contributed by atoms with E-state index in [0.717, 1.165) is 77.0 Å². The molecule has 0 fully saturated rings. The highest BCUT2D eigenvalue weighted by atomic mass is 31.2. The van der Waals surface area contributed by atoms with Crippen molar-refractivity contribution in [2.75, 3.05) is 54.1 Å². The number of nitrogens with zero attached hydrogens (tertiary/aromatic N) is 1. The van der Waals surface area contributed by atoms with E-state index in [-0.39, 0.29) is 25.8 Å². The van der Waals surface area contributed by atoms with Crippen LogP contribution in [-0.2, 0) is 27.9 Å². The van der Waals surface area contributed by atoms with E-state index in [0.29, 0.717) is 24.1 Å². The average molecular weight is 863 g/mol. The lowest BCUT2D eigenvalue weighted by molar-refractivity contribution is -0.870. The van der Waals surface area contributed by atoms with Crippen molar-refractivity contribution >= 4 is 13.8 Å². The summed E-state index contributed by atoms with van der Waals surface area (Å²) in [5.41, 5.74) is 0. The second-order valence-electron chi connectivity index (χ2n) is 17.1. The van der Waals surface area contributed by atoms with Crippen LogP contribution in [0, 0.1) is 0 Å². The van der Waals surface area contributed by atoms with Gasteiger partial charge in [-0.3, -0.25) is 13.8 Å². The molecule has 2 atom stereocenters. The van der Waals surface area contributed by atoms with Crippen molar-refractivity contribution in [1.82, 2.24) is 0 Å². The van der Waals surface area contributed by atoms with Crippen LogP contribution < -0.4 is 0 Å². The summed E-state index contributed by atoms with van der Waals surface area (Å²) in [6.07, 6.45) is 56.5. The monoisotopic (exact) mass is 863 g/mol. The molecule has 0 aliphatic carbocycles. The minimum absolute atomic E-state index is 0.0812. The molecule has 0 aliphatic heterocycles. The zero-order valence-electron chi connectivity index (χ0n) is 39.4. The van der Waals surface area contributed by atoms with Crippen LogP contribution in [0.25, 0.3) is 0 Å². The van der Waals surface area contributed by atoms with Crippen LogP contribution in [0.3, 0.4) is 0 Å². The smallest absolute Gasteiger partial charge is 0.457 e. The summed E-state index contributed by atoms with van der Waals surface area (Å²) in [7, 11) is 1.64. The van der Waals surface area contributed by atoms with Crippen molar-refractivity contribution in [3.8, 4) is 0 Å². The molecular formula is C51H93NO7P+. The first-order chi connectivity index (χ1) is 29.1. The second kappa shape index (κ2) is 43.6. The summed E-state index contributed by atoms with van der Waals surface area (Å²) < 4.78 is 35.1. The molecule has 0 aromatic rings. The summed E-state index contributed by atoms with van der Waals surface area (Å²) >= 11 is 0. The van der Waals surface area contributed by atoms with Gasteiger partial charge in [0.2, 0.25) is 0 Å². The highest BCUT2D eigenvalue weighted by molar-refractivity contribution is 7.47. The van der Waals surface area contributed by atoms with Gasteiger partial charge in [0.15, 0.2) is 0 Å². The van der Waals surface area contributed by atoms with Crippen LogP contribution in [0.4, 0.5) is 0 Å². The predicted molar refractivity (Wildman–Crippen MR) is 256 cm³/mol. The number of ether oxygens (including phenoxy) is 2. The molecule has 0 amide bonds. The molecule has 0 rings (SSSR count). The number of unbranched alkanes of at least 4 members (excludes halogenated alkanes) is 18. The Morgan fingerprint density at radius 3 is 1.45 bits per heavy atom. The van der Waals surface area contributed by atoms with Gasteiger partial charge in [-0.2, -0.15) is 0 Å². The molecule has 0 heterocycles. The Morgan fingerprint density at radius 2 is 0.967 bits per heavy atom. The zero-order valence-corrected chi connectivity index (χ0v) is 40.3. The van der Waals surface area contributed by atoms with Crippen LogP contribution >= 0.6 is 7.82 Å². The van der Waals surface area contributed by atoms with Gasteiger partial charge >= 0.3 is 13.8 Å². The first-order valence-corrected chi connectivity index (χ1v) is 25.7. The van der Waals surface area contributed by atoms with Gasteiger partial charge in [-0.15, -0.1) is 0 Å². The molecule has 0 aromatic carbocycles. The first-order valence-electron chi connectivity index (χ1n) is 24.2. The number of likely N-dealkylation sites (N-methyl/N-ethyl adjacent to an activating group) is 1. The fourth-order valence-electron chi connectivity index (χ4n) is 6.28. The standard InChI is InChI=1S/C51H92NO7P/c1-6-8-10-12-14-16-18-20-22-24-25-26-27-28-30-32-34-36-38-40-42-44-51(53)59-50(49-58-60(54,55)57-47-45-52(3,4)5)48-56-46-43-41-39-37-35-33-31-29-23-21-19-17-15-13-11-9-7-2/h8,10,14,16-17,19-20,22-23,25-26,29,50H,6-7,9,11-13,15,18,21,24,27-28,30-49H2,1-5H3/p+1/b10-8-,16-14-,19-17-,22-20-,26-25-,29-23-. The molecule has 60 heavy (non-hydrogen) atoms. The van der Waals surface area contributed by atoms with E-state index in [2.05, 4.69) is 86.8 Å². The molecule has 0 aliphatic rings. The third-order valence-corrected chi connectivity index (χ3v) is 11.0. The van der Waals surface area contributed by atoms with Crippen molar-refractivity contribution in [3.63, 3.8) is 0 Å².